The third-order valence-corrected chi connectivity index (χ3v) is 7.59. The van der Waals surface area contributed by atoms with Gasteiger partial charge in [-0.25, -0.2) is 8.42 Å². The van der Waals surface area contributed by atoms with Crippen LogP contribution in [0.25, 0.3) is 0 Å². The number of aromatic nitrogens is 2. The average Bonchev–Trinajstić information content (AvgIpc) is 2.83. The zero-order valence-electron chi connectivity index (χ0n) is 17.2. The summed E-state index contributed by atoms with van der Waals surface area (Å²) in [6.45, 7) is 1.92. The molecule has 0 radical (unpaired) electrons. The Kier molecular flexibility index (Phi) is 6.69. The summed E-state index contributed by atoms with van der Waals surface area (Å²) in [5, 5.41) is 11.2. The predicted octanol–water partition coefficient (Wildman–Crippen LogP) is 2.57. The van der Waals surface area contributed by atoms with Crippen molar-refractivity contribution in [2.45, 2.75) is 11.4 Å². The quantitative estimate of drug-likeness (QED) is 0.593. The number of hydrogen-bond donors (Lipinski definition) is 1. The van der Waals surface area contributed by atoms with Gasteiger partial charge >= 0.3 is 0 Å². The first-order valence-corrected chi connectivity index (χ1v) is 11.9. The number of nitrogens with zero attached hydrogens (tertiary/aromatic N) is 4. The topological polar surface area (TPSA) is 95.5 Å². The van der Waals surface area contributed by atoms with Gasteiger partial charge in [-0.2, -0.15) is 4.31 Å². The van der Waals surface area contributed by atoms with Crippen LogP contribution in [0.1, 0.15) is 16.1 Å². The maximum absolute atomic E-state index is 12.9. The van der Waals surface area contributed by atoms with E-state index in [9.17, 15) is 13.2 Å². The first-order valence-electron chi connectivity index (χ1n) is 10.1. The normalized spacial score (nSPS) is 14.8. The Morgan fingerprint density at radius 2 is 1.59 bits per heavy atom. The van der Waals surface area contributed by atoms with Gasteiger partial charge in [-0.3, -0.25) is 4.79 Å². The molecule has 0 unspecified atom stereocenters. The number of anilines is 1. The highest BCUT2D eigenvalue weighted by Crippen LogP contribution is 2.25. The fourth-order valence-electron chi connectivity index (χ4n) is 3.43. The number of carbonyl (C=O) groups excluding carboxylic acids is 1. The summed E-state index contributed by atoms with van der Waals surface area (Å²) in [5.74, 6) is 0.294. The summed E-state index contributed by atoms with van der Waals surface area (Å²) in [6.07, 6.45) is 0. The molecule has 166 valence electrons. The summed E-state index contributed by atoms with van der Waals surface area (Å²) in [5.41, 5.74) is 1.22. The van der Waals surface area contributed by atoms with Gasteiger partial charge in [-0.15, -0.1) is 10.2 Å². The number of amides is 1. The minimum absolute atomic E-state index is 0.112. The van der Waals surface area contributed by atoms with Crippen LogP contribution >= 0.6 is 11.6 Å². The minimum Gasteiger partial charge on any atom is -0.352 e. The van der Waals surface area contributed by atoms with Crippen molar-refractivity contribution < 1.29 is 13.2 Å². The molecule has 1 N–H and O–H groups in total. The van der Waals surface area contributed by atoms with Crippen molar-refractivity contribution in [2.24, 2.45) is 0 Å². The van der Waals surface area contributed by atoms with Gasteiger partial charge in [0.15, 0.2) is 11.5 Å². The molecule has 3 aromatic rings. The molecule has 0 spiro atoms. The number of benzene rings is 2. The highest BCUT2D eigenvalue weighted by molar-refractivity contribution is 7.89. The molecule has 32 heavy (non-hydrogen) atoms. The van der Waals surface area contributed by atoms with Crippen molar-refractivity contribution in [3.63, 3.8) is 0 Å². The number of nitrogens with one attached hydrogen (secondary N) is 1. The van der Waals surface area contributed by atoms with Crippen LogP contribution in [0.2, 0.25) is 5.02 Å². The van der Waals surface area contributed by atoms with Gasteiger partial charge in [-0.05, 0) is 29.8 Å². The zero-order valence-corrected chi connectivity index (χ0v) is 18.8. The van der Waals surface area contributed by atoms with Crippen LogP contribution in [0, 0.1) is 0 Å². The average molecular weight is 472 g/mol. The Balaban J connectivity index is 1.35. The van der Waals surface area contributed by atoms with Crippen molar-refractivity contribution in [2.75, 3.05) is 31.1 Å². The molecule has 1 saturated heterocycles. The molecule has 1 aromatic heterocycles. The minimum atomic E-state index is -3.66. The van der Waals surface area contributed by atoms with Crippen LogP contribution in [0.3, 0.4) is 0 Å². The van der Waals surface area contributed by atoms with Gasteiger partial charge in [0.1, 0.15) is 4.90 Å². The predicted molar refractivity (Wildman–Crippen MR) is 122 cm³/mol. The lowest BCUT2D eigenvalue weighted by Gasteiger charge is -2.34. The van der Waals surface area contributed by atoms with E-state index >= 15 is 0 Å². The molecule has 0 saturated carbocycles. The molecule has 10 heteroatoms. The highest BCUT2D eigenvalue weighted by atomic mass is 35.5. The third-order valence-electron chi connectivity index (χ3n) is 5.20. The molecule has 2 aromatic carbocycles. The maximum atomic E-state index is 12.9. The molecule has 0 bridgehead atoms. The monoisotopic (exact) mass is 471 g/mol. The van der Waals surface area contributed by atoms with Gasteiger partial charge in [-0.1, -0.05) is 54.1 Å². The van der Waals surface area contributed by atoms with E-state index in [4.69, 9.17) is 11.6 Å². The van der Waals surface area contributed by atoms with Gasteiger partial charge in [0, 0.05) is 32.7 Å². The molecule has 1 aliphatic heterocycles. The van der Waals surface area contributed by atoms with Crippen molar-refractivity contribution >= 4 is 33.3 Å². The molecule has 1 amide bonds. The van der Waals surface area contributed by atoms with Crippen LogP contribution in [0.15, 0.2) is 71.6 Å². The number of carbonyl (C=O) groups is 1. The molecule has 0 atom stereocenters. The van der Waals surface area contributed by atoms with E-state index < -0.39 is 10.0 Å². The van der Waals surface area contributed by atoms with E-state index in [0.29, 0.717) is 38.5 Å². The van der Waals surface area contributed by atoms with Gasteiger partial charge in [0.25, 0.3) is 5.91 Å². The summed E-state index contributed by atoms with van der Waals surface area (Å²) >= 11 is 6.08. The van der Waals surface area contributed by atoms with Crippen LogP contribution in [-0.4, -0.2) is 55.0 Å². The van der Waals surface area contributed by atoms with E-state index in [1.165, 1.54) is 10.4 Å². The second-order valence-corrected chi connectivity index (χ2v) is 9.58. The Morgan fingerprint density at radius 1 is 0.906 bits per heavy atom. The van der Waals surface area contributed by atoms with E-state index in [1.54, 1.807) is 30.3 Å². The van der Waals surface area contributed by atoms with E-state index in [-0.39, 0.29) is 21.5 Å². The van der Waals surface area contributed by atoms with E-state index in [0.717, 1.165) is 5.56 Å². The Labute approximate surface area is 191 Å². The second-order valence-electron chi connectivity index (χ2n) is 7.27. The first kappa shape index (κ1) is 22.2. The fraction of sp³-hybridized carbons (Fsp3) is 0.227. The van der Waals surface area contributed by atoms with E-state index in [1.807, 2.05) is 35.2 Å². The maximum Gasteiger partial charge on any atom is 0.272 e. The zero-order chi connectivity index (χ0) is 22.6. The summed E-state index contributed by atoms with van der Waals surface area (Å²) in [7, 11) is -3.66. The Bertz CT molecular complexity index is 1180. The van der Waals surface area contributed by atoms with Crippen LogP contribution < -0.4 is 10.2 Å². The lowest BCUT2D eigenvalue weighted by atomic mass is 10.2. The van der Waals surface area contributed by atoms with Crippen LogP contribution in [0.4, 0.5) is 5.82 Å². The fourth-order valence-corrected chi connectivity index (χ4v) is 5.35. The molecule has 1 aliphatic rings. The molecular weight excluding hydrogens is 450 g/mol. The number of piperazine rings is 1. The van der Waals surface area contributed by atoms with Crippen molar-refractivity contribution in [3.8, 4) is 0 Å². The SMILES string of the molecule is O=C(NCc1ccccc1)c1ccc(N2CCN(S(=O)(=O)c3ccccc3Cl)CC2)nn1. The van der Waals surface area contributed by atoms with Crippen molar-refractivity contribution in [1.82, 2.24) is 19.8 Å². The molecule has 0 aliphatic carbocycles. The molecule has 4 rings (SSSR count). The van der Waals surface area contributed by atoms with Gasteiger partial charge < -0.3 is 10.2 Å². The van der Waals surface area contributed by atoms with Gasteiger partial charge in [0.05, 0.1) is 5.02 Å². The largest absolute Gasteiger partial charge is 0.352 e. The smallest absolute Gasteiger partial charge is 0.272 e. The summed E-state index contributed by atoms with van der Waals surface area (Å²) in [6, 6.07) is 19.4. The molecule has 2 heterocycles. The second kappa shape index (κ2) is 9.64. The lowest BCUT2D eigenvalue weighted by Crippen LogP contribution is -2.49. The Hall–Kier alpha value is -3.01. The van der Waals surface area contributed by atoms with E-state index in [2.05, 4.69) is 15.5 Å². The molecule has 8 nitrogen and oxygen atoms in total. The highest BCUT2D eigenvalue weighted by Gasteiger charge is 2.30. The number of rotatable bonds is 6. The van der Waals surface area contributed by atoms with Crippen molar-refractivity contribution in [3.05, 3.63) is 83.0 Å². The lowest BCUT2D eigenvalue weighted by molar-refractivity contribution is 0.0945. The molecular formula is C22H22ClN5O3S. The number of sulfonamides is 1. The van der Waals surface area contributed by atoms with Crippen LogP contribution in [-0.2, 0) is 16.6 Å². The number of hydrogen-bond acceptors (Lipinski definition) is 6. The van der Waals surface area contributed by atoms with Crippen molar-refractivity contribution in [1.29, 1.82) is 0 Å². The Morgan fingerprint density at radius 3 is 2.25 bits per heavy atom. The third kappa shape index (κ3) is 4.90. The summed E-state index contributed by atoms with van der Waals surface area (Å²) in [4.78, 5) is 14.4. The summed E-state index contributed by atoms with van der Waals surface area (Å²) < 4.78 is 27.2. The standard InChI is InChI=1S/C22H22ClN5O3S/c23-18-8-4-5-9-20(18)32(30,31)28-14-12-27(13-15-28)21-11-10-19(25-26-21)22(29)24-16-17-6-2-1-3-7-17/h1-11H,12-16H2,(H,24,29). The van der Waals surface area contributed by atoms with Gasteiger partial charge in [0.2, 0.25) is 10.0 Å². The van der Waals surface area contributed by atoms with Crippen LogP contribution in [0.5, 0.6) is 0 Å². The number of halogens is 1. The molecule has 1 fully saturated rings. The first-order chi connectivity index (χ1) is 15.4.